The predicted molar refractivity (Wildman–Crippen MR) is 233 cm³/mol. The summed E-state index contributed by atoms with van der Waals surface area (Å²) in [5, 5.41) is 11.7. The lowest BCUT2D eigenvalue weighted by molar-refractivity contribution is -0.387. The number of benzene rings is 1. The third-order valence-corrected chi connectivity index (χ3v) is 11.9. The highest BCUT2D eigenvalue weighted by Gasteiger charge is 2.30. The maximum absolute atomic E-state index is 13.8. The van der Waals surface area contributed by atoms with Gasteiger partial charge in [0.05, 0.1) is 4.92 Å². The Bertz CT molecular complexity index is 1270. The number of rotatable bonds is 37. The maximum atomic E-state index is 13.8. The Balaban J connectivity index is 2.37. The molecule has 1 aromatic rings. The van der Waals surface area contributed by atoms with E-state index in [1.54, 1.807) is 6.07 Å². The number of unbranched alkanes of at least 4 members (excludes halogenated alkanes) is 18. The average Bonchev–Trinajstić information content (AvgIpc) is 3.16. The van der Waals surface area contributed by atoms with E-state index in [4.69, 9.17) is 0 Å². The van der Waals surface area contributed by atoms with E-state index in [-0.39, 0.29) is 10.6 Å². The van der Waals surface area contributed by atoms with Gasteiger partial charge < -0.3 is 4.90 Å². The molecule has 0 aliphatic carbocycles. The first-order valence-corrected chi connectivity index (χ1v) is 23.3. The fourth-order valence-electron chi connectivity index (χ4n) is 6.59. The molecule has 0 unspecified atom stereocenters. The first-order valence-electron chi connectivity index (χ1n) is 21.9. The van der Waals surface area contributed by atoms with Crippen LogP contribution in [-0.2, 0) is 10.0 Å². The lowest BCUT2D eigenvalue weighted by atomic mass is 10.1. The largest absolute Gasteiger partial charge is 0.306 e. The van der Waals surface area contributed by atoms with Crippen molar-refractivity contribution in [2.45, 2.75) is 179 Å². The van der Waals surface area contributed by atoms with Crippen LogP contribution >= 0.6 is 0 Å². The molecule has 8 heteroatoms. The Morgan fingerprint density at radius 2 is 0.926 bits per heavy atom. The topological polar surface area (TPSA) is 83.8 Å². The molecule has 0 spiro atoms. The number of allylic oxidation sites excluding steroid dienone is 8. The van der Waals surface area contributed by atoms with Crippen molar-refractivity contribution in [1.82, 2.24) is 9.21 Å². The molecular weight excluding hydrogens is 691 g/mol. The van der Waals surface area contributed by atoms with Crippen LogP contribution in [0.1, 0.15) is 174 Å². The molecule has 7 nitrogen and oxygen atoms in total. The molecule has 0 amide bonds. The van der Waals surface area contributed by atoms with Crippen LogP contribution in [0.5, 0.6) is 0 Å². The zero-order chi connectivity index (χ0) is 39.4. The molecule has 1 aromatic carbocycles. The first kappa shape index (κ1) is 49.5. The van der Waals surface area contributed by atoms with Gasteiger partial charge in [0.1, 0.15) is 0 Å². The second kappa shape index (κ2) is 34.9. The quantitative estimate of drug-likeness (QED) is 0.0291. The second-order valence-electron chi connectivity index (χ2n) is 15.0. The number of nitrogens with zero attached hydrogens (tertiary/aromatic N) is 3. The molecule has 0 aliphatic heterocycles. The third-order valence-electron chi connectivity index (χ3n) is 9.98. The van der Waals surface area contributed by atoms with Gasteiger partial charge >= 0.3 is 0 Å². The highest BCUT2D eigenvalue weighted by atomic mass is 32.2. The number of hydrogen-bond donors (Lipinski definition) is 0. The molecular formula is C46H79N3O4S. The van der Waals surface area contributed by atoms with Crippen molar-refractivity contribution in [3.8, 4) is 0 Å². The Kier molecular flexibility index (Phi) is 32.0. The van der Waals surface area contributed by atoms with Crippen molar-refractivity contribution >= 4 is 15.7 Å². The van der Waals surface area contributed by atoms with Gasteiger partial charge in [-0.1, -0.05) is 152 Å². The number of sulfonamides is 1. The highest BCUT2D eigenvalue weighted by molar-refractivity contribution is 7.89. The highest BCUT2D eigenvalue weighted by Crippen LogP contribution is 2.27. The van der Waals surface area contributed by atoms with E-state index in [0.29, 0.717) is 19.5 Å². The molecule has 0 aromatic heterocycles. The van der Waals surface area contributed by atoms with Crippen molar-refractivity contribution in [3.05, 3.63) is 83.0 Å². The fraction of sp³-hybridized carbons (Fsp3) is 0.696. The Hall–Kier alpha value is -2.55. The van der Waals surface area contributed by atoms with Crippen molar-refractivity contribution < 1.29 is 13.3 Å². The standard InChI is InChI=1S/C46H79N3O4S/c1-4-6-8-10-12-14-16-18-20-22-24-26-28-30-32-36-41-47(3)42-38-44-48(54(52,53)46-40-35-34-39-45(46)49(50)51)43-37-33-31-29-27-25-23-21-19-17-15-13-11-9-7-5-2/h12-15,18-21,34-35,39-40H,4-11,16-17,22-33,36-38,41-44H2,1-3H3/b14-12-,15-13-,20-18-,21-19-. The van der Waals surface area contributed by atoms with Gasteiger partial charge in [-0.2, -0.15) is 4.31 Å². The third kappa shape index (κ3) is 26.3. The van der Waals surface area contributed by atoms with Crippen molar-refractivity contribution in [1.29, 1.82) is 0 Å². The van der Waals surface area contributed by atoms with Gasteiger partial charge in [0, 0.05) is 19.2 Å². The maximum Gasteiger partial charge on any atom is 0.289 e. The lowest BCUT2D eigenvalue weighted by Gasteiger charge is -2.24. The number of nitro benzene ring substituents is 1. The van der Waals surface area contributed by atoms with Gasteiger partial charge in [-0.15, -0.1) is 0 Å². The predicted octanol–water partition coefficient (Wildman–Crippen LogP) is 13.5. The molecule has 0 fully saturated rings. The Morgan fingerprint density at radius 3 is 1.41 bits per heavy atom. The number of para-hydroxylation sites is 1. The van der Waals surface area contributed by atoms with Gasteiger partial charge in [0.15, 0.2) is 4.90 Å². The molecule has 0 bridgehead atoms. The minimum absolute atomic E-state index is 0.204. The van der Waals surface area contributed by atoms with Gasteiger partial charge in [-0.05, 0) is 110 Å². The monoisotopic (exact) mass is 770 g/mol. The second-order valence-corrected chi connectivity index (χ2v) is 16.9. The molecule has 0 radical (unpaired) electrons. The van der Waals surface area contributed by atoms with Crippen LogP contribution in [0.15, 0.2) is 77.8 Å². The van der Waals surface area contributed by atoms with Crippen molar-refractivity contribution in [2.75, 3.05) is 33.2 Å². The fourth-order valence-corrected chi connectivity index (χ4v) is 8.27. The van der Waals surface area contributed by atoms with E-state index in [9.17, 15) is 18.5 Å². The zero-order valence-electron chi connectivity index (χ0n) is 34.8. The molecule has 0 aliphatic rings. The molecule has 308 valence electrons. The molecule has 0 saturated heterocycles. The SMILES string of the molecule is CCCCC/C=C\C/C=C\CCCCCCCCN(C)CCCN(CCCCCCCC/C=C\C/C=C\CCCCC)S(=O)(=O)c1ccccc1[N+](=O)[O-]. The van der Waals surface area contributed by atoms with Crippen LogP contribution in [0.3, 0.4) is 0 Å². The summed E-state index contributed by atoms with van der Waals surface area (Å²) in [7, 11) is -1.88. The van der Waals surface area contributed by atoms with Crippen LogP contribution in [0.2, 0.25) is 0 Å². The van der Waals surface area contributed by atoms with E-state index < -0.39 is 14.9 Å². The van der Waals surface area contributed by atoms with Gasteiger partial charge in [-0.3, -0.25) is 10.1 Å². The number of hydrogen-bond acceptors (Lipinski definition) is 5. The van der Waals surface area contributed by atoms with E-state index in [2.05, 4.69) is 74.4 Å². The summed E-state index contributed by atoms with van der Waals surface area (Å²) in [6.45, 7) is 7.03. The molecule has 54 heavy (non-hydrogen) atoms. The molecule has 0 heterocycles. The van der Waals surface area contributed by atoms with Crippen LogP contribution in [0.25, 0.3) is 0 Å². The summed E-state index contributed by atoms with van der Waals surface area (Å²) in [5.74, 6) is 0. The van der Waals surface area contributed by atoms with E-state index >= 15 is 0 Å². The molecule has 0 N–H and O–H groups in total. The summed E-state index contributed by atoms with van der Waals surface area (Å²) in [6, 6.07) is 5.75. The van der Waals surface area contributed by atoms with Gasteiger partial charge in [0.2, 0.25) is 10.0 Å². The zero-order valence-corrected chi connectivity index (χ0v) is 35.6. The van der Waals surface area contributed by atoms with Crippen molar-refractivity contribution in [3.63, 3.8) is 0 Å². The molecule has 0 atom stereocenters. The van der Waals surface area contributed by atoms with Gasteiger partial charge in [0.25, 0.3) is 5.69 Å². The summed E-state index contributed by atoms with van der Waals surface area (Å²) in [4.78, 5) is 13.2. The van der Waals surface area contributed by atoms with Crippen LogP contribution in [0, 0.1) is 10.1 Å². The molecule has 1 rings (SSSR count). The Labute approximate surface area is 332 Å². The first-order chi connectivity index (χ1) is 26.3. The molecule has 0 saturated carbocycles. The summed E-state index contributed by atoms with van der Waals surface area (Å²) >= 11 is 0. The normalized spacial score (nSPS) is 12.6. The van der Waals surface area contributed by atoms with Crippen LogP contribution in [-0.4, -0.2) is 55.8 Å². The lowest BCUT2D eigenvalue weighted by Crippen LogP contribution is -2.35. The van der Waals surface area contributed by atoms with Crippen LogP contribution < -0.4 is 0 Å². The summed E-state index contributed by atoms with van der Waals surface area (Å²) in [5.41, 5.74) is -0.353. The smallest absolute Gasteiger partial charge is 0.289 e. The van der Waals surface area contributed by atoms with E-state index in [1.807, 2.05) is 0 Å². The minimum atomic E-state index is -3.99. The van der Waals surface area contributed by atoms with Gasteiger partial charge in [-0.25, -0.2) is 8.42 Å². The van der Waals surface area contributed by atoms with E-state index in [0.717, 1.165) is 64.5 Å². The Morgan fingerprint density at radius 1 is 0.537 bits per heavy atom. The van der Waals surface area contributed by atoms with Crippen LogP contribution in [0.4, 0.5) is 5.69 Å². The summed E-state index contributed by atoms with van der Waals surface area (Å²) < 4.78 is 29.0. The van der Waals surface area contributed by atoms with E-state index in [1.165, 1.54) is 125 Å². The average molecular weight is 770 g/mol. The minimum Gasteiger partial charge on any atom is -0.306 e. The van der Waals surface area contributed by atoms with Crippen molar-refractivity contribution in [2.24, 2.45) is 0 Å². The summed E-state index contributed by atoms with van der Waals surface area (Å²) in [6.07, 6.45) is 47.3. The number of nitro groups is 1.